The molecule has 2 aromatic rings. The number of nitrogens with two attached hydrogens (primary N) is 1. The summed E-state index contributed by atoms with van der Waals surface area (Å²) in [5, 5.41) is 18.2. The largest absolute Gasteiger partial charge is 0.494 e. The maximum atomic E-state index is 11.8. The van der Waals surface area contributed by atoms with Crippen molar-refractivity contribution in [3.8, 4) is 5.75 Å². The molecule has 0 aliphatic heterocycles. The Kier molecular flexibility index (Phi) is 11.4. The van der Waals surface area contributed by atoms with Crippen LogP contribution < -0.4 is 10.5 Å². The van der Waals surface area contributed by atoms with Crippen LogP contribution in [0.4, 0.5) is 5.69 Å². The Hall–Kier alpha value is -3.55. The van der Waals surface area contributed by atoms with Gasteiger partial charge in [-0.05, 0) is 37.1 Å². The highest BCUT2D eigenvalue weighted by Gasteiger charge is 2.12. The van der Waals surface area contributed by atoms with Crippen molar-refractivity contribution in [3.63, 3.8) is 0 Å². The van der Waals surface area contributed by atoms with E-state index in [2.05, 4.69) is 0 Å². The number of anilines is 1. The molecule has 2 rings (SSSR count). The molecule has 0 aliphatic carbocycles. The molecular formula is C26H33NO7. The first kappa shape index (κ1) is 26.7. The van der Waals surface area contributed by atoms with Crippen LogP contribution in [0.1, 0.15) is 84.1 Å². The summed E-state index contributed by atoms with van der Waals surface area (Å²) in [7, 11) is 0. The quantitative estimate of drug-likeness (QED) is 0.170. The Balaban J connectivity index is 1.48. The number of esters is 1. The van der Waals surface area contributed by atoms with E-state index in [4.69, 9.17) is 25.4 Å². The van der Waals surface area contributed by atoms with E-state index in [-0.39, 0.29) is 29.5 Å². The lowest BCUT2D eigenvalue weighted by Gasteiger charge is -2.08. The molecule has 0 unspecified atom stereocenters. The van der Waals surface area contributed by atoms with Crippen LogP contribution in [0, 0.1) is 0 Å². The number of aromatic carboxylic acids is 2. The Morgan fingerprint density at radius 1 is 0.765 bits per heavy atom. The van der Waals surface area contributed by atoms with Crippen molar-refractivity contribution in [2.45, 2.75) is 64.4 Å². The van der Waals surface area contributed by atoms with E-state index in [1.54, 1.807) is 6.07 Å². The summed E-state index contributed by atoms with van der Waals surface area (Å²) in [4.78, 5) is 34.1. The number of nitrogen functional groups attached to an aromatic ring is 1. The van der Waals surface area contributed by atoms with Crippen LogP contribution in [-0.2, 0) is 16.1 Å². The predicted octanol–water partition coefficient (Wildman–Crippen LogP) is 5.30. The third-order valence-electron chi connectivity index (χ3n) is 5.39. The molecule has 0 amide bonds. The molecule has 0 saturated carbocycles. The summed E-state index contributed by atoms with van der Waals surface area (Å²) in [5.41, 5.74) is 7.06. The zero-order valence-electron chi connectivity index (χ0n) is 19.3. The third-order valence-corrected chi connectivity index (χ3v) is 5.39. The molecule has 0 radical (unpaired) electrons. The molecule has 8 nitrogen and oxygen atoms in total. The second-order valence-electron chi connectivity index (χ2n) is 8.14. The fourth-order valence-corrected chi connectivity index (χ4v) is 3.45. The smallest absolute Gasteiger partial charge is 0.335 e. The highest BCUT2D eigenvalue weighted by Crippen LogP contribution is 2.19. The fraction of sp³-hybridized carbons (Fsp3) is 0.423. The molecule has 4 N–H and O–H groups in total. The van der Waals surface area contributed by atoms with Crippen molar-refractivity contribution in [2.24, 2.45) is 0 Å². The fourth-order valence-electron chi connectivity index (χ4n) is 3.45. The van der Waals surface area contributed by atoms with Gasteiger partial charge in [0.2, 0.25) is 0 Å². The standard InChI is InChI=1S/C26H33NO7/c27-23-12-9-8-11-19(23)18-34-24(28)13-7-5-3-1-2-4-6-10-14-33-22-16-20(25(29)30)15-21(17-22)26(31)32/h8-9,11-12,15-17H,1-7,10,13-14,18,27H2,(H,29,30)(H,31,32). The van der Waals surface area contributed by atoms with E-state index in [0.29, 0.717) is 18.7 Å². The third kappa shape index (κ3) is 9.94. The number of benzene rings is 2. The van der Waals surface area contributed by atoms with Gasteiger partial charge in [0.15, 0.2) is 0 Å². The number of carboxylic acids is 2. The summed E-state index contributed by atoms with van der Waals surface area (Å²) in [6.45, 7) is 0.611. The maximum absolute atomic E-state index is 11.8. The first-order valence-electron chi connectivity index (χ1n) is 11.6. The van der Waals surface area contributed by atoms with E-state index in [1.807, 2.05) is 18.2 Å². The molecule has 0 fully saturated rings. The van der Waals surface area contributed by atoms with Crippen molar-refractivity contribution < 1.29 is 34.1 Å². The van der Waals surface area contributed by atoms with E-state index in [1.165, 1.54) is 12.1 Å². The van der Waals surface area contributed by atoms with Crippen molar-refractivity contribution in [1.82, 2.24) is 0 Å². The Morgan fingerprint density at radius 2 is 1.32 bits per heavy atom. The molecule has 0 spiro atoms. The summed E-state index contributed by atoms with van der Waals surface area (Å²) >= 11 is 0. The predicted molar refractivity (Wildman–Crippen MR) is 128 cm³/mol. The summed E-state index contributed by atoms with van der Waals surface area (Å²) < 4.78 is 10.8. The number of unbranched alkanes of at least 4 members (excludes halogenated alkanes) is 7. The van der Waals surface area contributed by atoms with E-state index < -0.39 is 11.9 Å². The van der Waals surface area contributed by atoms with Gasteiger partial charge in [-0.1, -0.05) is 56.7 Å². The number of para-hydroxylation sites is 1. The van der Waals surface area contributed by atoms with Gasteiger partial charge in [-0.2, -0.15) is 0 Å². The number of carboxylic acid groups (broad SMARTS) is 2. The zero-order valence-corrected chi connectivity index (χ0v) is 19.3. The number of carbonyl (C=O) groups is 3. The zero-order chi connectivity index (χ0) is 24.8. The summed E-state index contributed by atoms with van der Waals surface area (Å²) in [5.74, 6) is -2.33. The molecule has 8 heteroatoms. The minimum Gasteiger partial charge on any atom is -0.494 e. The average molecular weight is 472 g/mol. The summed E-state index contributed by atoms with van der Waals surface area (Å²) in [6.07, 6.45) is 8.29. The van der Waals surface area contributed by atoms with Gasteiger partial charge in [-0.15, -0.1) is 0 Å². The lowest BCUT2D eigenvalue weighted by Crippen LogP contribution is -2.05. The Morgan fingerprint density at radius 3 is 1.91 bits per heavy atom. The normalized spacial score (nSPS) is 10.6. The second-order valence-corrected chi connectivity index (χ2v) is 8.14. The maximum Gasteiger partial charge on any atom is 0.335 e. The van der Waals surface area contributed by atoms with Gasteiger partial charge in [-0.25, -0.2) is 9.59 Å². The van der Waals surface area contributed by atoms with E-state index >= 15 is 0 Å². The minimum absolute atomic E-state index is 0.107. The molecule has 0 heterocycles. The van der Waals surface area contributed by atoms with Gasteiger partial charge in [0.25, 0.3) is 0 Å². The Bertz CT molecular complexity index is 926. The monoisotopic (exact) mass is 471 g/mol. The van der Waals surface area contributed by atoms with E-state index in [0.717, 1.165) is 63.0 Å². The van der Waals surface area contributed by atoms with Crippen LogP contribution in [0.5, 0.6) is 5.75 Å². The molecule has 34 heavy (non-hydrogen) atoms. The van der Waals surface area contributed by atoms with Gasteiger partial charge >= 0.3 is 17.9 Å². The molecule has 2 aromatic carbocycles. The molecule has 0 saturated heterocycles. The number of carbonyl (C=O) groups excluding carboxylic acids is 1. The highest BCUT2D eigenvalue weighted by atomic mass is 16.5. The number of ether oxygens (including phenoxy) is 2. The molecule has 0 bridgehead atoms. The lowest BCUT2D eigenvalue weighted by atomic mass is 10.1. The van der Waals surface area contributed by atoms with Gasteiger partial charge in [0.1, 0.15) is 12.4 Å². The minimum atomic E-state index is -1.19. The first-order chi connectivity index (χ1) is 16.4. The van der Waals surface area contributed by atoms with Gasteiger partial charge in [-0.3, -0.25) is 4.79 Å². The van der Waals surface area contributed by atoms with Crippen LogP contribution in [0.2, 0.25) is 0 Å². The lowest BCUT2D eigenvalue weighted by molar-refractivity contribution is -0.145. The number of hydrogen-bond donors (Lipinski definition) is 3. The van der Waals surface area contributed by atoms with E-state index in [9.17, 15) is 14.4 Å². The van der Waals surface area contributed by atoms with Crippen molar-refractivity contribution in [1.29, 1.82) is 0 Å². The van der Waals surface area contributed by atoms with Crippen LogP contribution in [0.3, 0.4) is 0 Å². The average Bonchev–Trinajstić information content (AvgIpc) is 2.81. The van der Waals surface area contributed by atoms with Crippen LogP contribution in [0.25, 0.3) is 0 Å². The van der Waals surface area contributed by atoms with Gasteiger partial charge in [0.05, 0.1) is 17.7 Å². The highest BCUT2D eigenvalue weighted by molar-refractivity contribution is 5.94. The SMILES string of the molecule is Nc1ccccc1COC(=O)CCCCCCCCCCOc1cc(C(=O)O)cc(C(=O)O)c1. The number of hydrogen-bond acceptors (Lipinski definition) is 6. The van der Waals surface area contributed by atoms with Gasteiger partial charge in [0, 0.05) is 17.7 Å². The van der Waals surface area contributed by atoms with Gasteiger partial charge < -0.3 is 25.4 Å². The Labute approximate surface area is 199 Å². The summed E-state index contributed by atoms with van der Waals surface area (Å²) in [6, 6.07) is 11.1. The molecule has 0 aliphatic rings. The van der Waals surface area contributed by atoms with Crippen molar-refractivity contribution >= 4 is 23.6 Å². The molecule has 0 aromatic heterocycles. The molecule has 0 atom stereocenters. The number of rotatable bonds is 16. The van der Waals surface area contributed by atoms with Crippen molar-refractivity contribution in [2.75, 3.05) is 12.3 Å². The van der Waals surface area contributed by atoms with Crippen molar-refractivity contribution in [3.05, 3.63) is 59.2 Å². The first-order valence-corrected chi connectivity index (χ1v) is 11.6. The second kappa shape index (κ2) is 14.6. The van der Waals surface area contributed by atoms with Crippen LogP contribution >= 0.6 is 0 Å². The topological polar surface area (TPSA) is 136 Å². The van der Waals surface area contributed by atoms with Crippen LogP contribution in [0.15, 0.2) is 42.5 Å². The molecular weight excluding hydrogens is 438 g/mol. The molecule has 184 valence electrons. The van der Waals surface area contributed by atoms with Crippen LogP contribution in [-0.4, -0.2) is 34.7 Å².